The Morgan fingerprint density at radius 2 is 1.71 bits per heavy atom. The van der Waals surface area contributed by atoms with Crippen molar-refractivity contribution in [1.82, 2.24) is 5.32 Å². The van der Waals surface area contributed by atoms with Crippen molar-refractivity contribution in [3.05, 3.63) is 0 Å². The van der Waals surface area contributed by atoms with Gasteiger partial charge in [-0.15, -0.1) is 0 Å². The van der Waals surface area contributed by atoms with Crippen LogP contribution in [0, 0.1) is 23.2 Å². The summed E-state index contributed by atoms with van der Waals surface area (Å²) in [6.07, 6.45) is 10.2. The van der Waals surface area contributed by atoms with Crippen molar-refractivity contribution in [2.75, 3.05) is 6.54 Å². The Bertz CT molecular complexity index is 331. The first kappa shape index (κ1) is 17.0. The van der Waals surface area contributed by atoms with E-state index in [9.17, 15) is 4.79 Å². The second-order valence-corrected chi connectivity index (χ2v) is 7.75. The molecule has 2 heteroatoms. The van der Waals surface area contributed by atoms with Crippen LogP contribution in [0.5, 0.6) is 0 Å². The van der Waals surface area contributed by atoms with E-state index in [0.29, 0.717) is 17.6 Å². The maximum atomic E-state index is 12.1. The van der Waals surface area contributed by atoms with Crippen LogP contribution in [0.15, 0.2) is 0 Å². The third-order valence-electron chi connectivity index (χ3n) is 6.63. The zero-order valence-corrected chi connectivity index (χ0v) is 14.6. The maximum absolute atomic E-state index is 12.1. The normalized spacial score (nSPS) is 33.2. The highest BCUT2D eigenvalue weighted by Gasteiger charge is 2.47. The Kier molecular flexibility index (Phi) is 5.88. The molecule has 1 N–H and O–H groups in total. The van der Waals surface area contributed by atoms with Crippen molar-refractivity contribution in [2.24, 2.45) is 23.2 Å². The second-order valence-electron chi connectivity index (χ2n) is 7.75. The van der Waals surface area contributed by atoms with Crippen LogP contribution in [-0.2, 0) is 4.79 Å². The van der Waals surface area contributed by atoms with Gasteiger partial charge in [-0.05, 0) is 61.8 Å². The van der Waals surface area contributed by atoms with Crippen molar-refractivity contribution in [2.45, 2.75) is 85.1 Å². The fraction of sp³-hybridized carbons (Fsp3) is 0.947. The Morgan fingerprint density at radius 3 is 2.19 bits per heavy atom. The maximum Gasteiger partial charge on any atom is 0.149 e. The summed E-state index contributed by atoms with van der Waals surface area (Å²) >= 11 is 0. The number of hydrogen-bond acceptors (Lipinski definition) is 2. The van der Waals surface area contributed by atoms with E-state index in [4.69, 9.17) is 0 Å². The van der Waals surface area contributed by atoms with Gasteiger partial charge in [-0.25, -0.2) is 0 Å². The van der Waals surface area contributed by atoms with Gasteiger partial charge >= 0.3 is 0 Å². The molecule has 2 saturated carbocycles. The van der Waals surface area contributed by atoms with Gasteiger partial charge in [0.1, 0.15) is 5.78 Å². The molecule has 2 aliphatic carbocycles. The molecule has 0 aromatic carbocycles. The first-order valence-electron chi connectivity index (χ1n) is 9.29. The summed E-state index contributed by atoms with van der Waals surface area (Å²) in [7, 11) is 0. The van der Waals surface area contributed by atoms with Crippen molar-refractivity contribution >= 4 is 5.78 Å². The molecule has 0 aromatic heterocycles. The van der Waals surface area contributed by atoms with Crippen LogP contribution < -0.4 is 5.32 Å². The minimum Gasteiger partial charge on any atom is -0.308 e. The quantitative estimate of drug-likeness (QED) is 0.777. The van der Waals surface area contributed by atoms with E-state index in [-0.39, 0.29) is 6.04 Å². The van der Waals surface area contributed by atoms with E-state index in [2.05, 4.69) is 26.1 Å². The van der Waals surface area contributed by atoms with Gasteiger partial charge in [-0.2, -0.15) is 0 Å². The Labute approximate surface area is 131 Å². The van der Waals surface area contributed by atoms with Crippen LogP contribution in [0.1, 0.15) is 79.1 Å². The Hall–Kier alpha value is -0.370. The molecule has 122 valence electrons. The van der Waals surface area contributed by atoms with Gasteiger partial charge in [0.15, 0.2) is 0 Å². The number of carbonyl (C=O) groups is 1. The number of hydrogen-bond donors (Lipinski definition) is 1. The summed E-state index contributed by atoms with van der Waals surface area (Å²) in [5, 5.41) is 3.42. The fourth-order valence-corrected chi connectivity index (χ4v) is 5.42. The number of Topliss-reactive ketones (excluding diaryl/α,β-unsaturated/α-hetero) is 1. The molecule has 2 nitrogen and oxygen atoms in total. The fourth-order valence-electron chi connectivity index (χ4n) is 5.42. The molecule has 2 aliphatic rings. The largest absolute Gasteiger partial charge is 0.308 e. The van der Waals surface area contributed by atoms with E-state index in [0.717, 1.165) is 30.7 Å². The number of nitrogens with one attached hydrogen (secondary N) is 1. The molecule has 0 aromatic rings. The standard InChI is InChI=1S/C19H35NO/c1-5-18(21)17(20-6-2)13-16-11-14(3)19(15(4)12-16)9-7-8-10-19/h14-17,20H,5-13H2,1-4H3. The number of likely N-dealkylation sites (N-methyl/N-ethyl adjacent to an activating group) is 1. The summed E-state index contributed by atoms with van der Waals surface area (Å²) in [6, 6.07) is 0.0991. The van der Waals surface area contributed by atoms with Crippen LogP contribution in [0.4, 0.5) is 0 Å². The molecule has 0 saturated heterocycles. The third kappa shape index (κ3) is 3.52. The molecule has 3 atom stereocenters. The van der Waals surface area contributed by atoms with E-state index >= 15 is 0 Å². The lowest BCUT2D eigenvalue weighted by Gasteiger charge is -2.48. The summed E-state index contributed by atoms with van der Waals surface area (Å²) in [6.45, 7) is 9.97. The minimum absolute atomic E-state index is 0.0991. The van der Waals surface area contributed by atoms with Crippen molar-refractivity contribution < 1.29 is 4.79 Å². The number of ketones is 1. The third-order valence-corrected chi connectivity index (χ3v) is 6.63. The van der Waals surface area contributed by atoms with Crippen LogP contribution in [0.3, 0.4) is 0 Å². The van der Waals surface area contributed by atoms with Gasteiger partial charge in [0.05, 0.1) is 6.04 Å². The summed E-state index contributed by atoms with van der Waals surface area (Å²) in [5.41, 5.74) is 0.638. The number of carbonyl (C=O) groups excluding carboxylic acids is 1. The lowest BCUT2D eigenvalue weighted by Crippen LogP contribution is -2.43. The van der Waals surface area contributed by atoms with Gasteiger partial charge in [0.2, 0.25) is 0 Å². The lowest BCUT2D eigenvalue weighted by atomic mass is 9.57. The minimum atomic E-state index is 0.0991. The van der Waals surface area contributed by atoms with Gasteiger partial charge in [0, 0.05) is 6.42 Å². The highest BCUT2D eigenvalue weighted by atomic mass is 16.1. The second kappa shape index (κ2) is 7.26. The molecular weight excluding hydrogens is 258 g/mol. The van der Waals surface area contributed by atoms with Gasteiger partial charge in [-0.1, -0.05) is 40.5 Å². The van der Waals surface area contributed by atoms with Crippen LogP contribution >= 0.6 is 0 Å². The molecule has 2 fully saturated rings. The molecule has 3 unspecified atom stereocenters. The van der Waals surface area contributed by atoms with Crippen molar-refractivity contribution in [3.8, 4) is 0 Å². The van der Waals surface area contributed by atoms with Gasteiger partial charge in [-0.3, -0.25) is 4.79 Å². The summed E-state index contributed by atoms with van der Waals surface area (Å²) in [4.78, 5) is 12.1. The predicted molar refractivity (Wildman–Crippen MR) is 89.3 cm³/mol. The molecule has 0 heterocycles. The average Bonchev–Trinajstić information content (AvgIpc) is 2.95. The zero-order chi connectivity index (χ0) is 15.5. The molecule has 2 rings (SSSR count). The van der Waals surface area contributed by atoms with E-state index < -0.39 is 0 Å². The van der Waals surface area contributed by atoms with E-state index in [1.54, 1.807) is 0 Å². The highest BCUT2D eigenvalue weighted by molar-refractivity contribution is 5.83. The van der Waals surface area contributed by atoms with E-state index in [1.807, 2.05) is 6.92 Å². The smallest absolute Gasteiger partial charge is 0.149 e. The summed E-state index contributed by atoms with van der Waals surface area (Å²) in [5.74, 6) is 2.82. The Morgan fingerprint density at radius 1 is 1.14 bits per heavy atom. The monoisotopic (exact) mass is 293 g/mol. The lowest BCUT2D eigenvalue weighted by molar-refractivity contribution is -0.121. The van der Waals surface area contributed by atoms with Gasteiger partial charge in [0.25, 0.3) is 0 Å². The van der Waals surface area contributed by atoms with E-state index in [1.165, 1.54) is 38.5 Å². The van der Waals surface area contributed by atoms with Crippen LogP contribution in [0.25, 0.3) is 0 Å². The van der Waals surface area contributed by atoms with Gasteiger partial charge < -0.3 is 5.32 Å². The SMILES string of the molecule is CCNC(CC1CC(C)C2(CCCC2)C(C)C1)C(=O)CC. The molecule has 21 heavy (non-hydrogen) atoms. The predicted octanol–water partition coefficient (Wildman–Crippen LogP) is 4.58. The molecule has 0 radical (unpaired) electrons. The Balaban J connectivity index is 1.98. The molecule has 0 aliphatic heterocycles. The zero-order valence-electron chi connectivity index (χ0n) is 14.6. The topological polar surface area (TPSA) is 29.1 Å². The number of rotatable bonds is 6. The first-order valence-corrected chi connectivity index (χ1v) is 9.29. The molecule has 1 spiro atoms. The summed E-state index contributed by atoms with van der Waals surface area (Å²) < 4.78 is 0. The van der Waals surface area contributed by atoms with Crippen LogP contribution in [0.2, 0.25) is 0 Å². The highest BCUT2D eigenvalue weighted by Crippen LogP contribution is 2.57. The van der Waals surface area contributed by atoms with Crippen LogP contribution in [-0.4, -0.2) is 18.4 Å². The van der Waals surface area contributed by atoms with Crippen molar-refractivity contribution in [1.29, 1.82) is 0 Å². The molecular formula is C19H35NO. The molecule has 0 bridgehead atoms. The average molecular weight is 293 g/mol. The van der Waals surface area contributed by atoms with Crippen molar-refractivity contribution in [3.63, 3.8) is 0 Å². The molecule has 0 amide bonds. The first-order chi connectivity index (χ1) is 10.0.